The molecule has 0 bridgehead atoms. The molecule has 0 aliphatic heterocycles. The summed E-state index contributed by atoms with van der Waals surface area (Å²) < 4.78 is 27.4. The molecule has 0 heterocycles. The fourth-order valence-electron chi connectivity index (χ4n) is 2.87. The summed E-state index contributed by atoms with van der Waals surface area (Å²) in [6.45, 7) is 3.56. The Kier molecular flexibility index (Phi) is 6.50. The van der Waals surface area contributed by atoms with E-state index in [1.807, 2.05) is 24.3 Å². The lowest BCUT2D eigenvalue weighted by Gasteiger charge is -2.20. The summed E-state index contributed by atoms with van der Waals surface area (Å²) in [6, 6.07) is 18.3. The van der Waals surface area contributed by atoms with Crippen LogP contribution in [-0.4, -0.2) is 34.9 Å². The van der Waals surface area contributed by atoms with Crippen LogP contribution < -0.4 is 0 Å². The smallest absolute Gasteiger partial charge is 0.335 e. The number of benzene rings is 3. The summed E-state index contributed by atoms with van der Waals surface area (Å²) in [5, 5.41) is 18.7. The highest BCUT2D eigenvalue weighted by atomic mass is 32.3. The van der Waals surface area contributed by atoms with Gasteiger partial charge in [0, 0.05) is 11.4 Å². The third-order valence-electron chi connectivity index (χ3n) is 4.53. The van der Waals surface area contributed by atoms with Gasteiger partial charge in [0.15, 0.2) is 0 Å². The van der Waals surface area contributed by atoms with Gasteiger partial charge in [0.1, 0.15) is 5.75 Å². The maximum Gasteiger partial charge on any atom is 0.335 e. The van der Waals surface area contributed by atoms with Gasteiger partial charge in [0.05, 0.1) is 10.5 Å². The van der Waals surface area contributed by atoms with Gasteiger partial charge in [-0.15, -0.1) is 3.71 Å². The minimum Gasteiger partial charge on any atom is -0.508 e. The molecule has 3 aromatic carbocycles. The number of sulfonamides is 1. The van der Waals surface area contributed by atoms with Crippen molar-refractivity contribution in [1.82, 2.24) is 3.71 Å². The normalized spacial score (nSPS) is 11.6. The molecule has 0 amide bonds. The van der Waals surface area contributed by atoms with Gasteiger partial charge in [0.2, 0.25) is 0 Å². The van der Waals surface area contributed by atoms with E-state index in [1.165, 1.54) is 21.9 Å². The first-order valence-electron chi connectivity index (χ1n) is 9.16. The third-order valence-corrected chi connectivity index (χ3v) is 7.93. The molecule has 0 fully saturated rings. The fourth-order valence-corrected chi connectivity index (χ4v) is 5.49. The van der Waals surface area contributed by atoms with Crippen molar-refractivity contribution in [2.45, 2.75) is 23.6 Å². The maximum atomic E-state index is 13.1. The van der Waals surface area contributed by atoms with Gasteiger partial charge < -0.3 is 10.2 Å². The zero-order chi connectivity index (χ0) is 21.9. The molecular formula is C22H21NO5S2. The van der Waals surface area contributed by atoms with Crippen molar-refractivity contribution in [3.05, 3.63) is 77.9 Å². The van der Waals surface area contributed by atoms with E-state index >= 15 is 0 Å². The molecule has 0 saturated heterocycles. The summed E-state index contributed by atoms with van der Waals surface area (Å²) >= 11 is 1.07. The van der Waals surface area contributed by atoms with Crippen LogP contribution in [0.15, 0.2) is 76.5 Å². The van der Waals surface area contributed by atoms with E-state index in [-0.39, 0.29) is 22.8 Å². The Morgan fingerprint density at radius 2 is 1.53 bits per heavy atom. The van der Waals surface area contributed by atoms with Crippen molar-refractivity contribution in [2.24, 2.45) is 0 Å². The van der Waals surface area contributed by atoms with Gasteiger partial charge in [-0.3, -0.25) is 0 Å². The Bertz CT molecular complexity index is 1160. The van der Waals surface area contributed by atoms with Crippen molar-refractivity contribution in [2.75, 3.05) is 6.54 Å². The number of phenolic OH excluding ortho intramolecular Hbond substituents is 1. The van der Waals surface area contributed by atoms with Crippen LogP contribution in [0.4, 0.5) is 0 Å². The minimum absolute atomic E-state index is 0.0321. The van der Waals surface area contributed by atoms with Gasteiger partial charge in [0.25, 0.3) is 10.0 Å². The molecule has 6 nitrogen and oxygen atoms in total. The SMILES string of the molecule is CCN(Sc1ccc(-c2ccc(O)cc2)cc1)S(=O)(=O)c1ccc(C)c(C(=O)O)c1. The molecule has 0 aliphatic carbocycles. The van der Waals surface area contributed by atoms with Crippen molar-refractivity contribution in [1.29, 1.82) is 0 Å². The quantitative estimate of drug-likeness (QED) is 0.510. The molecule has 156 valence electrons. The average molecular weight is 444 g/mol. The lowest BCUT2D eigenvalue weighted by atomic mass is 10.1. The Morgan fingerprint density at radius 1 is 0.967 bits per heavy atom. The molecule has 0 aliphatic rings. The van der Waals surface area contributed by atoms with Crippen LogP contribution >= 0.6 is 11.9 Å². The first kappa shape index (κ1) is 21.9. The maximum absolute atomic E-state index is 13.1. The molecule has 0 saturated carbocycles. The standard InChI is InChI=1S/C22H21NO5S2/c1-3-23(30(27,28)20-13-4-15(2)21(14-20)22(25)26)29-19-11-7-17(8-12-19)16-5-9-18(24)10-6-16/h4-14,24H,3H2,1-2H3,(H,25,26). The summed E-state index contributed by atoms with van der Waals surface area (Å²) in [4.78, 5) is 12.0. The molecule has 2 N–H and O–H groups in total. The van der Waals surface area contributed by atoms with Crippen LogP contribution in [0, 0.1) is 6.92 Å². The van der Waals surface area contributed by atoms with Gasteiger partial charge in [-0.25, -0.2) is 13.2 Å². The second kappa shape index (κ2) is 8.91. The first-order chi connectivity index (χ1) is 14.2. The molecular weight excluding hydrogens is 422 g/mol. The van der Waals surface area contributed by atoms with Gasteiger partial charge in [-0.1, -0.05) is 37.3 Å². The first-order valence-corrected chi connectivity index (χ1v) is 11.4. The molecule has 0 radical (unpaired) electrons. The summed E-state index contributed by atoms with van der Waals surface area (Å²) in [5.41, 5.74) is 2.34. The molecule has 0 spiro atoms. The number of carboxylic acid groups (broad SMARTS) is 1. The van der Waals surface area contributed by atoms with Crippen molar-refractivity contribution < 1.29 is 23.4 Å². The average Bonchev–Trinajstić information content (AvgIpc) is 2.73. The number of carbonyl (C=O) groups is 1. The van der Waals surface area contributed by atoms with Gasteiger partial charge in [-0.05, 0) is 72.0 Å². The Morgan fingerprint density at radius 3 is 2.07 bits per heavy atom. The van der Waals surface area contributed by atoms with E-state index in [0.29, 0.717) is 5.56 Å². The number of rotatable bonds is 7. The second-order valence-corrected chi connectivity index (χ2v) is 9.76. The second-order valence-electron chi connectivity index (χ2n) is 6.57. The zero-order valence-electron chi connectivity index (χ0n) is 16.4. The number of carboxylic acids is 1. The van der Waals surface area contributed by atoms with Crippen molar-refractivity contribution in [3.8, 4) is 16.9 Å². The van der Waals surface area contributed by atoms with Crippen LogP contribution in [0.2, 0.25) is 0 Å². The van der Waals surface area contributed by atoms with E-state index < -0.39 is 16.0 Å². The van der Waals surface area contributed by atoms with Gasteiger partial charge in [-0.2, -0.15) is 0 Å². The highest BCUT2D eigenvalue weighted by Gasteiger charge is 2.26. The van der Waals surface area contributed by atoms with E-state index in [0.717, 1.165) is 28.0 Å². The third kappa shape index (κ3) is 4.67. The number of aromatic carboxylic acids is 1. The lowest BCUT2D eigenvalue weighted by Crippen LogP contribution is -2.24. The number of nitrogens with zero attached hydrogens (tertiary/aromatic N) is 1. The van der Waals surface area contributed by atoms with E-state index in [2.05, 4.69) is 0 Å². The fraction of sp³-hybridized carbons (Fsp3) is 0.136. The number of aromatic hydroxyl groups is 1. The highest BCUT2D eigenvalue weighted by Crippen LogP contribution is 2.31. The monoisotopic (exact) mass is 443 g/mol. The van der Waals surface area contributed by atoms with E-state index in [9.17, 15) is 23.4 Å². The summed E-state index contributed by atoms with van der Waals surface area (Å²) in [6.07, 6.45) is 0. The Labute approximate surface area is 180 Å². The topological polar surface area (TPSA) is 94.9 Å². The van der Waals surface area contributed by atoms with Crippen molar-refractivity contribution in [3.63, 3.8) is 0 Å². The van der Waals surface area contributed by atoms with Crippen LogP contribution in [0.3, 0.4) is 0 Å². The van der Waals surface area contributed by atoms with Crippen molar-refractivity contribution >= 4 is 27.9 Å². The number of hydrogen-bond acceptors (Lipinski definition) is 5. The molecule has 30 heavy (non-hydrogen) atoms. The number of hydrogen-bond donors (Lipinski definition) is 2. The van der Waals surface area contributed by atoms with Crippen LogP contribution in [-0.2, 0) is 10.0 Å². The number of aryl methyl sites for hydroxylation is 1. The summed E-state index contributed by atoms with van der Waals surface area (Å²) in [5.74, 6) is -0.970. The molecule has 0 unspecified atom stereocenters. The molecule has 8 heteroatoms. The minimum atomic E-state index is -3.88. The van der Waals surface area contributed by atoms with Crippen LogP contribution in [0.25, 0.3) is 11.1 Å². The number of phenols is 1. The zero-order valence-corrected chi connectivity index (χ0v) is 18.1. The van der Waals surface area contributed by atoms with E-state index in [4.69, 9.17) is 0 Å². The van der Waals surface area contributed by atoms with Crippen LogP contribution in [0.1, 0.15) is 22.8 Å². The Balaban J connectivity index is 1.85. The molecule has 0 atom stereocenters. The predicted molar refractivity (Wildman–Crippen MR) is 117 cm³/mol. The molecule has 3 rings (SSSR count). The molecule has 3 aromatic rings. The largest absolute Gasteiger partial charge is 0.508 e. The van der Waals surface area contributed by atoms with E-state index in [1.54, 1.807) is 38.1 Å². The lowest BCUT2D eigenvalue weighted by molar-refractivity contribution is 0.0696. The molecule has 0 aromatic heterocycles. The highest BCUT2D eigenvalue weighted by molar-refractivity contribution is 8.08. The Hall–Kier alpha value is -2.81. The van der Waals surface area contributed by atoms with Crippen LogP contribution in [0.5, 0.6) is 5.75 Å². The van der Waals surface area contributed by atoms with Gasteiger partial charge >= 0.3 is 5.97 Å². The predicted octanol–water partition coefficient (Wildman–Crippen LogP) is 4.78. The summed E-state index contributed by atoms with van der Waals surface area (Å²) in [7, 11) is -3.88.